The number of hydrogen-bond donors (Lipinski definition) is 0. The number of rotatable bonds is 6. The van der Waals surface area contributed by atoms with Crippen molar-refractivity contribution in [2.45, 2.75) is 62.3 Å². The standard InChI is InChI=1S/3C9H12O.Bi/c3*1-6-4-7(2)8(3)9(10)5-6;/h3*4-5,10H,1-3H3;/q;;;+3/p-3. The summed E-state index contributed by atoms with van der Waals surface area (Å²) in [5.74, 6) is 2.58. The van der Waals surface area contributed by atoms with E-state index in [1.54, 1.807) is 0 Å². The van der Waals surface area contributed by atoms with Crippen molar-refractivity contribution in [3.8, 4) is 17.2 Å². The molecule has 3 aromatic rings. The van der Waals surface area contributed by atoms with E-state index in [9.17, 15) is 0 Å². The zero-order valence-corrected chi connectivity index (χ0v) is 23.6. The van der Waals surface area contributed by atoms with Gasteiger partial charge in [0, 0.05) is 0 Å². The van der Waals surface area contributed by atoms with Gasteiger partial charge in [-0.25, -0.2) is 0 Å². The average Bonchev–Trinajstić information content (AvgIpc) is 2.67. The van der Waals surface area contributed by atoms with E-state index in [2.05, 4.69) is 98.7 Å². The van der Waals surface area contributed by atoms with Crippen molar-refractivity contribution in [2.75, 3.05) is 0 Å². The second-order valence-corrected chi connectivity index (χ2v) is 12.5. The van der Waals surface area contributed by atoms with Crippen LogP contribution in [0.25, 0.3) is 0 Å². The third-order valence-corrected chi connectivity index (χ3v) is 9.84. The molecule has 0 heterocycles. The van der Waals surface area contributed by atoms with Gasteiger partial charge in [-0.15, -0.1) is 0 Å². The van der Waals surface area contributed by atoms with Gasteiger partial charge in [0.1, 0.15) is 0 Å². The van der Waals surface area contributed by atoms with Crippen LogP contribution in [0, 0.1) is 62.3 Å². The summed E-state index contributed by atoms with van der Waals surface area (Å²) in [6.07, 6.45) is 0. The van der Waals surface area contributed by atoms with E-state index in [0.717, 1.165) is 33.9 Å². The Bertz CT molecular complexity index is 977. The Balaban J connectivity index is 2.02. The van der Waals surface area contributed by atoms with Gasteiger partial charge in [-0.05, 0) is 0 Å². The molecule has 0 atom stereocenters. The van der Waals surface area contributed by atoms with Gasteiger partial charge >= 0.3 is 198 Å². The molecule has 0 unspecified atom stereocenters. The van der Waals surface area contributed by atoms with Crippen LogP contribution in [-0.4, -0.2) is 23.1 Å². The van der Waals surface area contributed by atoms with Crippen molar-refractivity contribution < 1.29 is 8.44 Å². The van der Waals surface area contributed by atoms with Crippen LogP contribution < -0.4 is 8.44 Å². The van der Waals surface area contributed by atoms with Crippen molar-refractivity contribution >= 4 is 23.1 Å². The van der Waals surface area contributed by atoms with Gasteiger partial charge in [0.15, 0.2) is 0 Å². The van der Waals surface area contributed by atoms with Crippen LogP contribution in [-0.2, 0) is 0 Å². The first-order chi connectivity index (χ1) is 14.5. The van der Waals surface area contributed by atoms with Gasteiger partial charge < -0.3 is 0 Å². The Morgan fingerprint density at radius 2 is 0.677 bits per heavy atom. The predicted octanol–water partition coefficient (Wildman–Crippen LogP) is 6.98. The third-order valence-electron chi connectivity index (χ3n) is 5.81. The Labute approximate surface area is 196 Å². The molecule has 0 bridgehead atoms. The monoisotopic (exact) mass is 614 g/mol. The SMILES string of the molecule is Cc1cc(C)c(C)c([O][Bi]([O]c2cc(C)cc(C)c2C)[O]c2cc(C)cc(C)c2C)c1. The Hall–Kier alpha value is -2.06. The zero-order chi connectivity index (χ0) is 22.9. The Morgan fingerprint density at radius 1 is 0.419 bits per heavy atom. The van der Waals surface area contributed by atoms with Crippen LogP contribution in [0.3, 0.4) is 0 Å². The fraction of sp³-hybridized carbons (Fsp3) is 0.333. The molecular formula is C27H33BiO3. The molecular weight excluding hydrogens is 581 g/mol. The van der Waals surface area contributed by atoms with Crippen molar-refractivity contribution in [1.82, 2.24) is 0 Å². The molecule has 0 radical (unpaired) electrons. The number of benzene rings is 3. The molecule has 0 N–H and O–H groups in total. The normalized spacial score (nSPS) is 11.0. The summed E-state index contributed by atoms with van der Waals surface area (Å²) in [6.45, 7) is 18.9. The summed E-state index contributed by atoms with van der Waals surface area (Å²) < 4.78 is 19.6. The molecule has 0 aromatic heterocycles. The minimum absolute atomic E-state index is 0.860. The van der Waals surface area contributed by atoms with Crippen LogP contribution in [0.1, 0.15) is 50.1 Å². The van der Waals surface area contributed by atoms with Crippen LogP contribution in [0.4, 0.5) is 0 Å². The number of hydrogen-bond acceptors (Lipinski definition) is 3. The maximum absolute atomic E-state index is 6.54. The second kappa shape index (κ2) is 9.61. The molecule has 0 amide bonds. The second-order valence-electron chi connectivity index (χ2n) is 8.61. The van der Waals surface area contributed by atoms with Crippen molar-refractivity contribution in [3.05, 3.63) is 86.5 Å². The molecule has 0 saturated carbocycles. The third kappa shape index (κ3) is 5.60. The molecule has 3 nitrogen and oxygen atoms in total. The zero-order valence-electron chi connectivity index (χ0n) is 20.1. The molecule has 31 heavy (non-hydrogen) atoms. The van der Waals surface area contributed by atoms with E-state index in [1.165, 1.54) is 33.4 Å². The summed E-state index contributed by atoms with van der Waals surface area (Å²) in [6, 6.07) is 12.8. The summed E-state index contributed by atoms with van der Waals surface area (Å²) in [4.78, 5) is 0. The van der Waals surface area contributed by atoms with Crippen LogP contribution in [0.2, 0.25) is 0 Å². The first kappa shape index (κ1) is 23.6. The van der Waals surface area contributed by atoms with E-state index in [1.807, 2.05) is 0 Å². The first-order valence-corrected chi connectivity index (χ1v) is 14.9. The summed E-state index contributed by atoms with van der Waals surface area (Å²) in [5.41, 5.74) is 10.6. The topological polar surface area (TPSA) is 27.7 Å². The van der Waals surface area contributed by atoms with Crippen molar-refractivity contribution in [1.29, 1.82) is 0 Å². The van der Waals surface area contributed by atoms with Gasteiger partial charge in [0.2, 0.25) is 0 Å². The van der Waals surface area contributed by atoms with Crippen LogP contribution >= 0.6 is 0 Å². The van der Waals surface area contributed by atoms with Crippen molar-refractivity contribution in [2.24, 2.45) is 0 Å². The van der Waals surface area contributed by atoms with Crippen LogP contribution in [0.15, 0.2) is 36.4 Å². The van der Waals surface area contributed by atoms with E-state index < -0.39 is 23.1 Å². The fourth-order valence-corrected chi connectivity index (χ4v) is 8.10. The van der Waals surface area contributed by atoms with E-state index in [0.29, 0.717) is 0 Å². The molecule has 164 valence electrons. The van der Waals surface area contributed by atoms with Gasteiger partial charge in [0.05, 0.1) is 0 Å². The molecule has 0 aliphatic rings. The van der Waals surface area contributed by atoms with E-state index in [4.69, 9.17) is 8.44 Å². The fourth-order valence-electron chi connectivity index (χ4n) is 3.58. The summed E-state index contributed by atoms with van der Waals surface area (Å²) in [7, 11) is 0. The van der Waals surface area contributed by atoms with E-state index >= 15 is 0 Å². The molecule has 0 fully saturated rings. The summed E-state index contributed by atoms with van der Waals surface area (Å²) in [5, 5.41) is 0. The van der Waals surface area contributed by atoms with E-state index in [-0.39, 0.29) is 0 Å². The molecule has 3 aromatic carbocycles. The molecule has 4 heteroatoms. The van der Waals surface area contributed by atoms with Gasteiger partial charge in [-0.2, -0.15) is 0 Å². The van der Waals surface area contributed by atoms with Gasteiger partial charge in [-0.3, -0.25) is 0 Å². The van der Waals surface area contributed by atoms with Gasteiger partial charge in [0.25, 0.3) is 0 Å². The Morgan fingerprint density at radius 3 is 0.935 bits per heavy atom. The number of aryl methyl sites for hydroxylation is 6. The molecule has 3 rings (SSSR count). The first-order valence-electron chi connectivity index (χ1n) is 10.6. The molecule has 0 aliphatic carbocycles. The molecule has 0 aliphatic heterocycles. The van der Waals surface area contributed by atoms with Crippen molar-refractivity contribution in [3.63, 3.8) is 0 Å². The quantitative estimate of drug-likeness (QED) is 0.281. The molecule has 0 spiro atoms. The average molecular weight is 615 g/mol. The summed E-state index contributed by atoms with van der Waals surface area (Å²) >= 11 is -3.42. The predicted molar refractivity (Wildman–Crippen MR) is 130 cm³/mol. The maximum atomic E-state index is 6.54. The molecule has 0 saturated heterocycles. The van der Waals surface area contributed by atoms with Crippen LogP contribution in [0.5, 0.6) is 17.2 Å². The van der Waals surface area contributed by atoms with Gasteiger partial charge in [-0.1, -0.05) is 0 Å². The minimum atomic E-state index is -3.42. The Kier molecular flexibility index (Phi) is 7.32.